The van der Waals surface area contributed by atoms with Crippen molar-refractivity contribution in [1.82, 2.24) is 14.5 Å². The minimum Gasteiger partial charge on any atom is -0.337 e. The largest absolute Gasteiger partial charge is 0.402 e. The third-order valence-corrected chi connectivity index (χ3v) is 6.38. The molecule has 6 nitrogen and oxygen atoms in total. The van der Waals surface area contributed by atoms with Crippen molar-refractivity contribution in [3.63, 3.8) is 0 Å². The average Bonchev–Trinajstić information content (AvgIpc) is 2.98. The summed E-state index contributed by atoms with van der Waals surface area (Å²) in [5, 5.41) is 0. The van der Waals surface area contributed by atoms with Crippen LogP contribution in [0.1, 0.15) is 22.3 Å². The summed E-state index contributed by atoms with van der Waals surface area (Å²) in [7, 11) is -4.38. The Morgan fingerprint density at radius 2 is 1.71 bits per heavy atom. The zero-order valence-electron chi connectivity index (χ0n) is 16.8. The summed E-state index contributed by atoms with van der Waals surface area (Å²) in [6, 6.07) is 15.1. The maximum absolute atomic E-state index is 12.9. The van der Waals surface area contributed by atoms with E-state index in [0.29, 0.717) is 19.6 Å². The molecule has 2 aromatic rings. The number of amides is 1. The highest BCUT2D eigenvalue weighted by Gasteiger charge is 2.30. The first-order chi connectivity index (χ1) is 14.6. The number of alkyl halides is 3. The van der Waals surface area contributed by atoms with Crippen molar-refractivity contribution in [3.8, 4) is 0 Å². The first-order valence-corrected chi connectivity index (χ1v) is 11.3. The Bertz CT molecular complexity index is 998. The Hall–Kier alpha value is -2.43. The van der Waals surface area contributed by atoms with Gasteiger partial charge < -0.3 is 4.90 Å². The summed E-state index contributed by atoms with van der Waals surface area (Å²) < 4.78 is 62.9. The average molecular weight is 456 g/mol. The number of hydrogen-bond acceptors (Lipinski definition) is 4. The second kappa shape index (κ2) is 9.80. The fraction of sp³-hybridized carbons (Fsp3) is 0.381. The van der Waals surface area contributed by atoms with Gasteiger partial charge in [-0.25, -0.2) is 13.1 Å². The van der Waals surface area contributed by atoms with Crippen molar-refractivity contribution < 1.29 is 26.4 Å². The molecule has 1 fully saturated rings. The lowest BCUT2D eigenvalue weighted by Crippen LogP contribution is -2.35. The van der Waals surface area contributed by atoms with E-state index in [1.165, 1.54) is 28.5 Å². The van der Waals surface area contributed by atoms with E-state index < -0.39 is 22.7 Å². The van der Waals surface area contributed by atoms with Gasteiger partial charge >= 0.3 is 6.18 Å². The minimum absolute atomic E-state index is 0.131. The van der Waals surface area contributed by atoms with Crippen molar-refractivity contribution in [3.05, 3.63) is 65.7 Å². The van der Waals surface area contributed by atoms with Gasteiger partial charge in [0.15, 0.2) is 0 Å². The van der Waals surface area contributed by atoms with Crippen LogP contribution in [0.5, 0.6) is 0 Å². The van der Waals surface area contributed by atoms with E-state index in [-0.39, 0.29) is 16.4 Å². The highest BCUT2D eigenvalue weighted by atomic mass is 32.2. The molecule has 0 unspecified atom stereocenters. The van der Waals surface area contributed by atoms with E-state index in [4.69, 9.17) is 0 Å². The molecule has 1 heterocycles. The third-order valence-electron chi connectivity index (χ3n) is 4.98. The van der Waals surface area contributed by atoms with Crippen LogP contribution in [0.25, 0.3) is 0 Å². The number of halogens is 3. The van der Waals surface area contributed by atoms with E-state index in [0.717, 1.165) is 25.6 Å². The molecule has 1 aliphatic heterocycles. The summed E-state index contributed by atoms with van der Waals surface area (Å²) >= 11 is 0. The van der Waals surface area contributed by atoms with Gasteiger partial charge in [0.05, 0.1) is 4.90 Å². The van der Waals surface area contributed by atoms with Crippen LogP contribution < -0.4 is 4.72 Å². The SMILES string of the molecule is O=C(c1cccc(S(=O)(=O)NCC(F)(F)F)c1)N1CCCN(Cc2ccccc2)CC1. The monoisotopic (exact) mass is 455 g/mol. The fourth-order valence-corrected chi connectivity index (χ4v) is 4.47. The van der Waals surface area contributed by atoms with Gasteiger partial charge in [-0.3, -0.25) is 9.69 Å². The van der Waals surface area contributed by atoms with E-state index in [2.05, 4.69) is 4.90 Å². The van der Waals surface area contributed by atoms with Crippen molar-refractivity contribution in [2.45, 2.75) is 24.0 Å². The lowest BCUT2D eigenvalue weighted by Gasteiger charge is -2.22. The summed E-state index contributed by atoms with van der Waals surface area (Å²) in [6.45, 7) is 1.61. The van der Waals surface area contributed by atoms with Gasteiger partial charge in [-0.2, -0.15) is 13.2 Å². The van der Waals surface area contributed by atoms with Crippen molar-refractivity contribution >= 4 is 15.9 Å². The molecule has 10 heteroatoms. The Labute approximate surface area is 179 Å². The summed E-state index contributed by atoms with van der Waals surface area (Å²) in [4.78, 5) is 16.5. The van der Waals surface area contributed by atoms with Crippen molar-refractivity contribution in [1.29, 1.82) is 0 Å². The maximum Gasteiger partial charge on any atom is 0.402 e. The molecule has 0 saturated carbocycles. The zero-order chi connectivity index (χ0) is 22.5. The first-order valence-electron chi connectivity index (χ1n) is 9.86. The fourth-order valence-electron chi connectivity index (χ4n) is 3.41. The van der Waals surface area contributed by atoms with Crippen molar-refractivity contribution in [2.24, 2.45) is 0 Å². The molecule has 1 saturated heterocycles. The predicted octanol–water partition coefficient (Wildman–Crippen LogP) is 2.88. The van der Waals surface area contributed by atoms with E-state index in [1.807, 2.05) is 30.3 Å². The minimum atomic E-state index is -4.67. The maximum atomic E-state index is 12.9. The van der Waals surface area contributed by atoms with E-state index in [9.17, 15) is 26.4 Å². The number of sulfonamides is 1. The number of nitrogens with one attached hydrogen (secondary N) is 1. The van der Waals surface area contributed by atoms with Gasteiger partial charge in [0, 0.05) is 38.3 Å². The molecule has 0 aliphatic carbocycles. The quantitative estimate of drug-likeness (QED) is 0.727. The Morgan fingerprint density at radius 3 is 2.42 bits per heavy atom. The molecule has 0 radical (unpaired) electrons. The number of nitrogens with zero attached hydrogens (tertiary/aromatic N) is 2. The summed E-state index contributed by atoms with van der Waals surface area (Å²) in [6.07, 6.45) is -3.90. The number of rotatable bonds is 6. The molecule has 1 amide bonds. The van der Waals surface area contributed by atoms with Gasteiger partial charge in [-0.15, -0.1) is 0 Å². The van der Waals surface area contributed by atoms with Crippen LogP contribution in [0.2, 0.25) is 0 Å². The lowest BCUT2D eigenvalue weighted by molar-refractivity contribution is -0.121. The van der Waals surface area contributed by atoms with Gasteiger partial charge in [0.25, 0.3) is 5.91 Å². The molecule has 0 aromatic heterocycles. The molecule has 0 bridgehead atoms. The van der Waals surface area contributed by atoms with Gasteiger partial charge in [-0.05, 0) is 30.2 Å². The predicted molar refractivity (Wildman–Crippen MR) is 110 cm³/mol. The molecule has 3 rings (SSSR count). The van der Waals surface area contributed by atoms with Crippen LogP contribution in [0.15, 0.2) is 59.5 Å². The first kappa shape index (κ1) is 23.2. The Morgan fingerprint density at radius 1 is 0.968 bits per heavy atom. The molecule has 168 valence electrons. The van der Waals surface area contributed by atoms with Crippen LogP contribution in [0.4, 0.5) is 13.2 Å². The van der Waals surface area contributed by atoms with Gasteiger partial charge in [0.2, 0.25) is 10.0 Å². The van der Waals surface area contributed by atoms with Crippen LogP contribution in [0.3, 0.4) is 0 Å². The van der Waals surface area contributed by atoms with Gasteiger partial charge in [0.1, 0.15) is 6.54 Å². The second-order valence-corrected chi connectivity index (χ2v) is 9.14. The third kappa shape index (κ3) is 6.78. The normalized spacial score (nSPS) is 16.2. The Balaban J connectivity index is 1.65. The highest BCUT2D eigenvalue weighted by Crippen LogP contribution is 2.18. The number of carbonyl (C=O) groups is 1. The number of carbonyl (C=O) groups excluding carboxylic acids is 1. The number of benzene rings is 2. The number of hydrogen-bond donors (Lipinski definition) is 1. The topological polar surface area (TPSA) is 69.7 Å². The second-order valence-electron chi connectivity index (χ2n) is 7.38. The molecule has 0 atom stereocenters. The van der Waals surface area contributed by atoms with Gasteiger partial charge in [-0.1, -0.05) is 36.4 Å². The molecule has 31 heavy (non-hydrogen) atoms. The molecular formula is C21H24F3N3O3S. The van der Waals surface area contributed by atoms with Crippen LogP contribution in [-0.2, 0) is 16.6 Å². The van der Waals surface area contributed by atoms with Crippen LogP contribution >= 0.6 is 0 Å². The zero-order valence-corrected chi connectivity index (χ0v) is 17.6. The van der Waals surface area contributed by atoms with E-state index >= 15 is 0 Å². The molecule has 0 spiro atoms. The van der Waals surface area contributed by atoms with Crippen LogP contribution in [-0.4, -0.2) is 63.0 Å². The molecule has 2 aromatic carbocycles. The molecular weight excluding hydrogens is 431 g/mol. The molecule has 1 N–H and O–H groups in total. The smallest absolute Gasteiger partial charge is 0.337 e. The van der Waals surface area contributed by atoms with Crippen molar-refractivity contribution in [2.75, 3.05) is 32.7 Å². The highest BCUT2D eigenvalue weighted by molar-refractivity contribution is 7.89. The summed E-state index contributed by atoms with van der Waals surface area (Å²) in [5.41, 5.74) is 1.32. The van der Waals surface area contributed by atoms with Crippen LogP contribution in [0, 0.1) is 0 Å². The van der Waals surface area contributed by atoms with E-state index in [1.54, 1.807) is 4.90 Å². The lowest BCUT2D eigenvalue weighted by atomic mass is 10.2. The standard InChI is InChI=1S/C21H24F3N3O3S/c22-21(23,24)16-25-31(29,30)19-9-4-8-18(14-19)20(28)27-11-5-10-26(12-13-27)15-17-6-2-1-3-7-17/h1-4,6-9,14,25H,5,10-13,15-16H2. The Kier molecular flexibility index (Phi) is 7.34. The summed E-state index contributed by atoms with van der Waals surface area (Å²) in [5.74, 6) is -0.338. The molecule has 1 aliphatic rings.